The van der Waals surface area contributed by atoms with Crippen LogP contribution in [-0.4, -0.2) is 38.7 Å². The third kappa shape index (κ3) is 2.68. The fourth-order valence-corrected chi connectivity index (χ4v) is 2.08. The molecule has 10 heteroatoms. The molecule has 0 atom stereocenters. The molecule has 0 saturated heterocycles. The summed E-state index contributed by atoms with van der Waals surface area (Å²) in [5.41, 5.74) is 6.13. The van der Waals surface area contributed by atoms with E-state index >= 15 is 0 Å². The number of aromatic nitrogens is 4. The first kappa shape index (κ1) is 13.7. The highest BCUT2D eigenvalue weighted by molar-refractivity contribution is 9.13. The van der Waals surface area contributed by atoms with E-state index in [-0.39, 0.29) is 11.7 Å². The maximum absolute atomic E-state index is 9.80. The number of phenols is 1. The molecule has 0 aliphatic carbocycles. The molecule has 1 aromatic heterocycles. The number of nitrogens with zero attached hydrogens (tertiary/aromatic N) is 5. The summed E-state index contributed by atoms with van der Waals surface area (Å²) in [5, 5.41) is 24.2. The van der Waals surface area contributed by atoms with Gasteiger partial charge in [-0.15, -0.1) is 0 Å². The summed E-state index contributed by atoms with van der Waals surface area (Å²) in [6.07, 6.45) is 1.48. The van der Waals surface area contributed by atoms with Gasteiger partial charge < -0.3 is 15.6 Å². The van der Waals surface area contributed by atoms with Gasteiger partial charge >= 0.3 is 0 Å². The molecule has 1 heterocycles. The number of rotatable bonds is 3. The van der Waals surface area contributed by atoms with E-state index in [0.29, 0.717) is 20.3 Å². The van der Waals surface area contributed by atoms with Gasteiger partial charge in [-0.3, -0.25) is 0 Å². The molecule has 2 rings (SSSR count). The highest BCUT2D eigenvalue weighted by Crippen LogP contribution is 2.41. The minimum Gasteiger partial charge on any atom is -0.503 e. The van der Waals surface area contributed by atoms with Crippen LogP contribution in [-0.2, 0) is 0 Å². The van der Waals surface area contributed by atoms with Crippen molar-refractivity contribution in [2.45, 2.75) is 0 Å². The molecule has 100 valence electrons. The third-order valence-electron chi connectivity index (χ3n) is 2.18. The number of benzene rings is 1. The van der Waals surface area contributed by atoms with Crippen LogP contribution in [0.3, 0.4) is 0 Å². The predicted molar refractivity (Wildman–Crippen MR) is 75.3 cm³/mol. The summed E-state index contributed by atoms with van der Waals surface area (Å²) in [6, 6.07) is 1.61. The molecule has 0 fully saturated rings. The molecule has 0 spiro atoms. The van der Waals surface area contributed by atoms with Crippen molar-refractivity contribution in [3.05, 3.63) is 20.6 Å². The van der Waals surface area contributed by atoms with Crippen LogP contribution in [0.5, 0.6) is 11.5 Å². The van der Waals surface area contributed by atoms with E-state index in [1.165, 1.54) is 13.3 Å². The largest absolute Gasteiger partial charge is 0.503 e. The highest BCUT2D eigenvalue weighted by atomic mass is 79.9. The molecule has 8 nitrogen and oxygen atoms in total. The molecule has 2 aromatic rings. The van der Waals surface area contributed by atoms with Crippen molar-refractivity contribution in [3.8, 4) is 11.5 Å². The Bertz CT molecular complexity index is 642. The van der Waals surface area contributed by atoms with Gasteiger partial charge in [0.15, 0.2) is 11.5 Å². The van der Waals surface area contributed by atoms with Gasteiger partial charge in [0.05, 0.1) is 17.8 Å². The van der Waals surface area contributed by atoms with Crippen LogP contribution < -0.4 is 10.5 Å². The number of aromatic hydroxyl groups is 1. The van der Waals surface area contributed by atoms with E-state index in [1.807, 2.05) is 0 Å². The van der Waals surface area contributed by atoms with E-state index in [4.69, 9.17) is 10.5 Å². The lowest BCUT2D eigenvalue weighted by atomic mass is 10.2. The molecule has 0 aliphatic rings. The van der Waals surface area contributed by atoms with E-state index in [2.05, 4.69) is 52.5 Å². The Hall–Kier alpha value is -1.68. The van der Waals surface area contributed by atoms with Crippen molar-refractivity contribution in [1.29, 1.82) is 0 Å². The second-order valence-electron chi connectivity index (χ2n) is 3.32. The van der Waals surface area contributed by atoms with Crippen molar-refractivity contribution in [1.82, 2.24) is 20.3 Å². The Morgan fingerprint density at radius 1 is 1.47 bits per heavy atom. The van der Waals surface area contributed by atoms with Crippen molar-refractivity contribution in [2.75, 3.05) is 12.8 Å². The zero-order chi connectivity index (χ0) is 14.0. The normalized spacial score (nSPS) is 11.1. The Morgan fingerprint density at radius 2 is 2.21 bits per heavy atom. The van der Waals surface area contributed by atoms with Gasteiger partial charge in [-0.1, -0.05) is 9.89 Å². The van der Waals surface area contributed by atoms with E-state index in [1.54, 1.807) is 6.07 Å². The van der Waals surface area contributed by atoms with Gasteiger partial charge in [-0.05, 0) is 48.4 Å². The summed E-state index contributed by atoms with van der Waals surface area (Å²) in [6.45, 7) is 0. The molecule has 0 unspecified atom stereocenters. The van der Waals surface area contributed by atoms with E-state index in [9.17, 15) is 5.11 Å². The molecule has 0 amide bonds. The fraction of sp³-hybridized carbons (Fsp3) is 0.111. The minimum atomic E-state index is -0.00605. The molecule has 0 radical (unpaired) electrons. The molecule has 0 saturated carbocycles. The minimum absolute atomic E-state index is 0.00605. The van der Waals surface area contributed by atoms with Crippen LogP contribution in [0.1, 0.15) is 5.56 Å². The van der Waals surface area contributed by atoms with Crippen LogP contribution in [0.15, 0.2) is 20.1 Å². The number of hydrogen-bond acceptors (Lipinski definition) is 7. The fourth-order valence-electron chi connectivity index (χ4n) is 1.25. The average Bonchev–Trinajstić information content (AvgIpc) is 2.81. The second-order valence-corrected chi connectivity index (χ2v) is 4.90. The maximum Gasteiger partial charge on any atom is 0.263 e. The van der Waals surface area contributed by atoms with Crippen LogP contribution in [0.4, 0.5) is 5.95 Å². The van der Waals surface area contributed by atoms with Gasteiger partial charge in [0, 0.05) is 10.0 Å². The molecule has 1 aromatic carbocycles. The van der Waals surface area contributed by atoms with Gasteiger partial charge in [0.2, 0.25) is 0 Å². The van der Waals surface area contributed by atoms with Crippen LogP contribution in [0, 0.1) is 0 Å². The Kier molecular flexibility index (Phi) is 4.00. The summed E-state index contributed by atoms with van der Waals surface area (Å²) < 4.78 is 6.12. The number of ether oxygens (including phenoxy) is 1. The maximum atomic E-state index is 9.80. The third-order valence-corrected chi connectivity index (χ3v) is 4.34. The van der Waals surface area contributed by atoms with Gasteiger partial charge in [0.1, 0.15) is 0 Å². The summed E-state index contributed by atoms with van der Waals surface area (Å²) >= 11 is 6.58. The summed E-state index contributed by atoms with van der Waals surface area (Å²) in [7, 11) is 1.45. The number of nitrogen functional groups attached to an aromatic ring is 1. The lowest BCUT2D eigenvalue weighted by Gasteiger charge is -2.09. The Morgan fingerprint density at radius 3 is 2.79 bits per heavy atom. The number of tetrazole rings is 1. The SMILES string of the molecule is COc1cc(C=Nn2nnnc2N)c(Br)c(Br)c1O. The first-order chi connectivity index (χ1) is 9.04. The number of methoxy groups -OCH3 is 1. The average molecular weight is 392 g/mol. The molecular weight excluding hydrogens is 384 g/mol. The van der Waals surface area contributed by atoms with E-state index < -0.39 is 0 Å². The first-order valence-corrected chi connectivity index (χ1v) is 6.46. The standard InChI is InChI=1S/C9H8Br2N6O2/c1-19-5-2-4(6(10)7(11)8(5)18)3-13-17-9(12)14-15-16-17/h2-3,18H,1H3,(H2,12,14,16). The molecular formula is C9H8Br2N6O2. The molecule has 3 N–H and O–H groups in total. The molecule has 0 bridgehead atoms. The number of anilines is 1. The van der Waals surface area contributed by atoms with Crippen LogP contribution >= 0.6 is 31.9 Å². The predicted octanol–water partition coefficient (Wildman–Crippen LogP) is 1.38. The Labute approximate surface area is 124 Å². The zero-order valence-electron chi connectivity index (χ0n) is 9.58. The van der Waals surface area contributed by atoms with Gasteiger partial charge in [-0.2, -0.15) is 5.10 Å². The summed E-state index contributed by atoms with van der Waals surface area (Å²) in [5.74, 6) is 0.367. The number of hydrogen-bond donors (Lipinski definition) is 2. The quantitative estimate of drug-likeness (QED) is 0.764. The second kappa shape index (κ2) is 5.53. The van der Waals surface area contributed by atoms with Crippen molar-refractivity contribution >= 4 is 44.0 Å². The van der Waals surface area contributed by atoms with Crippen LogP contribution in [0.25, 0.3) is 0 Å². The number of halogens is 2. The van der Waals surface area contributed by atoms with E-state index in [0.717, 1.165) is 4.79 Å². The van der Waals surface area contributed by atoms with Gasteiger partial charge in [0.25, 0.3) is 5.95 Å². The lowest BCUT2D eigenvalue weighted by Crippen LogP contribution is -2.00. The van der Waals surface area contributed by atoms with Crippen molar-refractivity contribution < 1.29 is 9.84 Å². The first-order valence-electron chi connectivity index (χ1n) is 4.87. The topological polar surface area (TPSA) is 111 Å². The molecule has 0 aliphatic heterocycles. The number of nitrogens with two attached hydrogens (primary N) is 1. The lowest BCUT2D eigenvalue weighted by molar-refractivity contribution is 0.371. The van der Waals surface area contributed by atoms with Gasteiger partial charge in [-0.25, -0.2) is 0 Å². The Balaban J connectivity index is 2.43. The monoisotopic (exact) mass is 390 g/mol. The summed E-state index contributed by atoms with van der Waals surface area (Å²) in [4.78, 5) is 1.07. The zero-order valence-corrected chi connectivity index (χ0v) is 12.8. The van der Waals surface area contributed by atoms with Crippen molar-refractivity contribution in [3.63, 3.8) is 0 Å². The number of phenolic OH excluding ortho intramolecular Hbond substituents is 1. The molecule has 19 heavy (non-hydrogen) atoms. The highest BCUT2D eigenvalue weighted by Gasteiger charge is 2.13. The van der Waals surface area contributed by atoms with Crippen molar-refractivity contribution in [2.24, 2.45) is 5.10 Å². The van der Waals surface area contributed by atoms with Crippen LogP contribution in [0.2, 0.25) is 0 Å². The smallest absolute Gasteiger partial charge is 0.263 e.